The molecule has 0 unspecified atom stereocenters. The first-order valence-corrected chi connectivity index (χ1v) is 26.5. The third-order valence-electron chi connectivity index (χ3n) is 18.6. The van der Waals surface area contributed by atoms with Crippen LogP contribution in [0.1, 0.15) is 107 Å². The van der Waals surface area contributed by atoms with E-state index < -0.39 is 147 Å². The molecular weight excluding hydrogens is 977 g/mol. The van der Waals surface area contributed by atoms with Crippen molar-refractivity contribution in [3.63, 3.8) is 0 Å². The largest absolute Gasteiger partial charge is 0.463 e. The molecule has 74 heavy (non-hydrogen) atoms. The molecule has 0 amide bonds. The maximum atomic E-state index is 12.9. The average molecular weight is 1060 g/mol. The number of allylic oxidation sites excluding steroid dienone is 1. The van der Waals surface area contributed by atoms with Gasteiger partial charge >= 0.3 is 17.9 Å². The summed E-state index contributed by atoms with van der Waals surface area (Å²) < 4.78 is 67.7. The molecule has 0 radical (unpaired) electrons. The van der Waals surface area contributed by atoms with Crippen LogP contribution in [0, 0.1) is 46.3 Å². The quantitative estimate of drug-likeness (QED) is 0.0593. The third kappa shape index (κ3) is 10.7. The Balaban J connectivity index is 1.02. The standard InChI is InChI=1S/C52H82O22/c1-22(20-66-47-42(62)41(61)39(59)34(19-53)70-47)12-15-52(64-9)23(2)37-33(74-52)18-32-30-11-10-28-16-29(57)17-36(51(28,8)31(30)13-14-50(32,37)7)72-49-46(73-48-43(63)40(60)38(58)24(3)67-48)45(69-27(6)56)44(68-26(5)55)35(71-49)21-65-25(4)54/h10,22-24,29-49,53,57-63H,11-21H2,1-9H3/t22-,23+,24+,29-,30-,31+,32+,33+,34-,35-,36-,37+,38+,39-,40-,41+,42-,43-,44+,45+,46-,47-,48+,49+,50+,51+,52-/m1/s1. The fourth-order valence-electron chi connectivity index (χ4n) is 14.7. The summed E-state index contributed by atoms with van der Waals surface area (Å²) in [4.78, 5) is 37.8. The van der Waals surface area contributed by atoms with E-state index in [4.69, 9.17) is 52.1 Å². The Morgan fingerprint density at radius 1 is 0.770 bits per heavy atom. The number of ether oxygens (including phenoxy) is 11. The van der Waals surface area contributed by atoms with Gasteiger partial charge in [0, 0.05) is 52.1 Å². The van der Waals surface area contributed by atoms with E-state index in [0.717, 1.165) is 45.1 Å². The summed E-state index contributed by atoms with van der Waals surface area (Å²) >= 11 is 0. The highest BCUT2D eigenvalue weighted by Crippen LogP contribution is 2.70. The minimum Gasteiger partial charge on any atom is -0.463 e. The monoisotopic (exact) mass is 1060 g/mol. The van der Waals surface area contributed by atoms with Gasteiger partial charge in [0.2, 0.25) is 0 Å². The van der Waals surface area contributed by atoms with Gasteiger partial charge < -0.3 is 93.0 Å². The van der Waals surface area contributed by atoms with Gasteiger partial charge in [0.15, 0.2) is 43.0 Å². The van der Waals surface area contributed by atoms with Crippen molar-refractivity contribution < 1.29 is 107 Å². The fraction of sp³-hybridized carbons (Fsp3) is 0.904. The first-order valence-electron chi connectivity index (χ1n) is 26.5. The zero-order chi connectivity index (χ0) is 53.9. The van der Waals surface area contributed by atoms with Crippen molar-refractivity contribution in [2.75, 3.05) is 26.9 Å². The smallest absolute Gasteiger partial charge is 0.303 e. The molecule has 4 aliphatic heterocycles. The first kappa shape index (κ1) is 57.7. The number of esters is 3. The van der Waals surface area contributed by atoms with Crippen LogP contribution in [0.4, 0.5) is 0 Å². The van der Waals surface area contributed by atoms with Crippen LogP contribution in [0.25, 0.3) is 0 Å². The molecule has 22 nitrogen and oxygen atoms in total. The SMILES string of the molecule is CO[C@]1(CC[C@@H](C)CO[C@@H]2O[C@H](CO)[C@@H](O)[C@H](O)[C@H]2O)O[C@H]2C[C@H]3[C@@H]4CC=C5C[C@@H](O)C[C@@H](O[C@@H]6O[C@H](COC(C)=O)[C@H](OC(C)=O)[C@H](OC(C)=O)[C@H]6O[C@@H]6O[C@@H](C)[C@H](O)[C@@H](O)[C@H]6O)[C@]5(C)[C@H]4CC[C@]3(C)[C@H]2[C@@H]1C. The van der Waals surface area contributed by atoms with Crippen molar-refractivity contribution in [3.8, 4) is 0 Å². The highest BCUT2D eigenvalue weighted by atomic mass is 16.8. The van der Waals surface area contributed by atoms with Crippen LogP contribution in [-0.4, -0.2) is 202 Å². The Labute approximate surface area is 432 Å². The predicted octanol–water partition coefficient (Wildman–Crippen LogP) is 0.506. The molecule has 0 aromatic carbocycles. The lowest BCUT2D eigenvalue weighted by molar-refractivity contribution is -0.375. The molecular formula is C52H82O22. The van der Waals surface area contributed by atoms with Gasteiger partial charge in [-0.25, -0.2) is 0 Å². The van der Waals surface area contributed by atoms with Crippen molar-refractivity contribution >= 4 is 17.9 Å². The number of carbonyl (C=O) groups is 3. The van der Waals surface area contributed by atoms with E-state index in [9.17, 15) is 55.2 Å². The van der Waals surface area contributed by atoms with E-state index in [1.54, 1.807) is 7.11 Å². The first-order chi connectivity index (χ1) is 34.9. The summed E-state index contributed by atoms with van der Waals surface area (Å²) in [5, 5.41) is 84.7. The summed E-state index contributed by atoms with van der Waals surface area (Å²) in [5.74, 6) is -2.52. The Hall–Kier alpha value is -2.49. The Morgan fingerprint density at radius 2 is 1.43 bits per heavy atom. The molecule has 8 N–H and O–H groups in total. The summed E-state index contributed by atoms with van der Waals surface area (Å²) in [6.07, 6.45) is -16.0. The second-order valence-corrected chi connectivity index (χ2v) is 23.1. The Kier molecular flexibility index (Phi) is 17.7. The number of methoxy groups -OCH3 is 1. The molecule has 4 aliphatic carbocycles. The van der Waals surface area contributed by atoms with Crippen LogP contribution in [0.5, 0.6) is 0 Å². The summed E-state index contributed by atoms with van der Waals surface area (Å²) in [6, 6.07) is 0. The molecule has 422 valence electrons. The summed E-state index contributed by atoms with van der Waals surface area (Å²) in [6.45, 7) is 12.9. The molecule has 7 fully saturated rings. The van der Waals surface area contributed by atoms with Crippen molar-refractivity contribution in [3.05, 3.63) is 11.6 Å². The van der Waals surface area contributed by atoms with Gasteiger partial charge in [-0.05, 0) is 80.5 Å². The van der Waals surface area contributed by atoms with Gasteiger partial charge in [-0.2, -0.15) is 0 Å². The zero-order valence-electron chi connectivity index (χ0n) is 44.0. The van der Waals surface area contributed by atoms with Gasteiger partial charge in [-0.3, -0.25) is 14.4 Å². The summed E-state index contributed by atoms with van der Waals surface area (Å²) in [7, 11) is 1.68. The zero-order valence-corrected chi connectivity index (χ0v) is 44.0. The van der Waals surface area contributed by atoms with Crippen LogP contribution >= 0.6 is 0 Å². The molecule has 27 atom stereocenters. The highest BCUT2D eigenvalue weighted by molar-refractivity contribution is 5.68. The normalized spacial score (nSPS) is 49.3. The van der Waals surface area contributed by atoms with Crippen molar-refractivity contribution in [2.24, 2.45) is 46.3 Å². The van der Waals surface area contributed by atoms with E-state index in [2.05, 4.69) is 26.8 Å². The number of aliphatic hydroxyl groups excluding tert-OH is 8. The van der Waals surface area contributed by atoms with Crippen molar-refractivity contribution in [1.29, 1.82) is 0 Å². The predicted molar refractivity (Wildman–Crippen MR) is 252 cm³/mol. The minimum atomic E-state index is -1.80. The number of carbonyl (C=O) groups excluding carboxylic acids is 3. The number of rotatable bonds is 16. The van der Waals surface area contributed by atoms with E-state index in [0.29, 0.717) is 19.3 Å². The van der Waals surface area contributed by atoms with Gasteiger partial charge in [0.1, 0.15) is 55.4 Å². The molecule has 22 heteroatoms. The van der Waals surface area contributed by atoms with Gasteiger partial charge in [-0.1, -0.05) is 39.3 Å². The van der Waals surface area contributed by atoms with Gasteiger partial charge in [-0.15, -0.1) is 0 Å². The lowest BCUT2D eigenvalue weighted by atomic mass is 9.46. The number of hydrogen-bond donors (Lipinski definition) is 8. The molecule has 0 bridgehead atoms. The van der Waals surface area contributed by atoms with Crippen LogP contribution in [0.15, 0.2) is 11.6 Å². The topological polar surface area (TPSA) is 315 Å². The van der Waals surface area contributed by atoms with Gasteiger partial charge in [0.05, 0.1) is 37.6 Å². The average Bonchev–Trinajstić information content (AvgIpc) is 3.81. The molecule has 0 spiro atoms. The molecule has 8 rings (SSSR count). The highest BCUT2D eigenvalue weighted by Gasteiger charge is 2.69. The molecule has 3 saturated carbocycles. The minimum absolute atomic E-state index is 0.00844. The van der Waals surface area contributed by atoms with E-state index in [1.165, 1.54) is 13.8 Å². The lowest BCUT2D eigenvalue weighted by Crippen LogP contribution is -2.66. The van der Waals surface area contributed by atoms with E-state index >= 15 is 0 Å². The van der Waals surface area contributed by atoms with E-state index in [1.807, 2.05) is 6.92 Å². The van der Waals surface area contributed by atoms with Crippen LogP contribution in [0.3, 0.4) is 0 Å². The maximum absolute atomic E-state index is 12.9. The van der Waals surface area contributed by atoms with Gasteiger partial charge in [0.25, 0.3) is 0 Å². The molecule has 4 saturated heterocycles. The molecule has 4 heterocycles. The molecule has 8 aliphatic rings. The number of hydrogen-bond acceptors (Lipinski definition) is 22. The second-order valence-electron chi connectivity index (χ2n) is 23.1. The third-order valence-corrected chi connectivity index (χ3v) is 18.6. The van der Waals surface area contributed by atoms with Crippen molar-refractivity contribution in [2.45, 2.75) is 223 Å². The van der Waals surface area contributed by atoms with E-state index in [-0.39, 0.29) is 60.1 Å². The Morgan fingerprint density at radius 3 is 2.09 bits per heavy atom. The van der Waals surface area contributed by atoms with Crippen LogP contribution in [-0.2, 0) is 66.5 Å². The molecule has 0 aromatic rings. The van der Waals surface area contributed by atoms with Crippen LogP contribution < -0.4 is 0 Å². The Bertz CT molecular complexity index is 2010. The number of aliphatic hydroxyl groups is 8. The maximum Gasteiger partial charge on any atom is 0.303 e. The second kappa shape index (κ2) is 22.7. The molecule has 0 aromatic heterocycles. The van der Waals surface area contributed by atoms with Crippen molar-refractivity contribution in [1.82, 2.24) is 0 Å². The van der Waals surface area contributed by atoms with Crippen LogP contribution in [0.2, 0.25) is 0 Å². The lowest BCUT2D eigenvalue weighted by Gasteiger charge is -2.60. The summed E-state index contributed by atoms with van der Waals surface area (Å²) in [5.41, 5.74) is 0.216. The number of fused-ring (bicyclic) bond motifs is 7. The fourth-order valence-corrected chi connectivity index (χ4v) is 14.7.